The number of azide groups is 1. The predicted molar refractivity (Wildman–Crippen MR) is 74.0 cm³/mol. The minimum Gasteiger partial charge on any atom is -0.497 e. The maximum absolute atomic E-state index is 11.4. The second kappa shape index (κ2) is 8.25. The quantitative estimate of drug-likeness (QED) is 0.210. The second-order valence-electron chi connectivity index (χ2n) is 3.55. The number of benzene rings is 1. The summed E-state index contributed by atoms with van der Waals surface area (Å²) in [5, 5.41) is 3.32. The number of methoxy groups -OCH3 is 2. The van der Waals surface area contributed by atoms with Crippen LogP contribution in [0.15, 0.2) is 41.0 Å². The lowest BCUT2D eigenvalue weighted by molar-refractivity contribution is -0.136. The summed E-state index contributed by atoms with van der Waals surface area (Å²) >= 11 is 0. The van der Waals surface area contributed by atoms with E-state index in [2.05, 4.69) is 26.6 Å². The smallest absolute Gasteiger partial charge is 0.334 e. The molecule has 0 aliphatic rings. The van der Waals surface area contributed by atoms with Crippen LogP contribution in [0.25, 0.3) is 10.4 Å². The highest BCUT2D eigenvalue weighted by Crippen LogP contribution is 2.10. The molecule has 0 spiro atoms. The summed E-state index contributed by atoms with van der Waals surface area (Å²) in [6.45, 7) is -0.0968. The van der Waals surface area contributed by atoms with Gasteiger partial charge in [-0.05, 0) is 35.9 Å². The van der Waals surface area contributed by atoms with Gasteiger partial charge in [0, 0.05) is 10.5 Å². The van der Waals surface area contributed by atoms with Gasteiger partial charge in [0.2, 0.25) is 0 Å². The van der Waals surface area contributed by atoms with Crippen LogP contribution in [0.2, 0.25) is 0 Å². The molecule has 0 aliphatic heterocycles. The lowest BCUT2D eigenvalue weighted by atomic mass is 10.2. The van der Waals surface area contributed by atoms with E-state index in [1.807, 2.05) is 0 Å². The average Bonchev–Trinajstić information content (AvgIpc) is 2.50. The summed E-state index contributed by atoms with van der Waals surface area (Å²) in [7, 11) is 2.84. The van der Waals surface area contributed by atoms with E-state index < -0.39 is 5.97 Å². The number of carbonyl (C=O) groups is 1. The van der Waals surface area contributed by atoms with Crippen LogP contribution in [-0.2, 0) is 9.53 Å². The fourth-order valence-corrected chi connectivity index (χ4v) is 1.29. The third kappa shape index (κ3) is 4.77. The first-order valence-corrected chi connectivity index (χ1v) is 5.65. The van der Waals surface area contributed by atoms with Crippen molar-refractivity contribution in [2.75, 3.05) is 20.8 Å². The molecule has 0 bridgehead atoms. The number of hydrogen-bond acceptors (Lipinski definition) is 4. The van der Waals surface area contributed by atoms with Crippen LogP contribution in [0.5, 0.6) is 5.75 Å². The molecular formula is C14H13N3O3. The molecule has 0 amide bonds. The average molecular weight is 271 g/mol. The van der Waals surface area contributed by atoms with E-state index in [1.165, 1.54) is 13.2 Å². The van der Waals surface area contributed by atoms with Gasteiger partial charge in [-0.25, -0.2) is 4.79 Å². The fraction of sp³-hybridized carbons (Fsp3) is 0.214. The van der Waals surface area contributed by atoms with E-state index in [0.29, 0.717) is 0 Å². The molecule has 0 heterocycles. The molecule has 1 aromatic carbocycles. The number of nitrogens with zero attached hydrogens (tertiary/aromatic N) is 3. The molecule has 0 aromatic heterocycles. The molecule has 0 saturated carbocycles. The molecule has 6 heteroatoms. The Kier molecular flexibility index (Phi) is 6.25. The predicted octanol–water partition coefficient (Wildman–Crippen LogP) is 2.46. The SMILES string of the molecule is COC(=O)/C(=C/C#Cc1ccc(OC)cc1)CN=[N+]=[N-]. The lowest BCUT2D eigenvalue weighted by Crippen LogP contribution is -2.06. The highest BCUT2D eigenvalue weighted by molar-refractivity contribution is 5.89. The van der Waals surface area contributed by atoms with Crippen LogP contribution in [0.3, 0.4) is 0 Å². The molecule has 6 nitrogen and oxygen atoms in total. The first kappa shape index (κ1) is 15.2. The number of carbonyl (C=O) groups excluding carboxylic acids is 1. The van der Waals surface area contributed by atoms with Gasteiger partial charge in [0.25, 0.3) is 0 Å². The zero-order valence-electron chi connectivity index (χ0n) is 11.2. The Bertz CT molecular complexity index is 603. The number of rotatable bonds is 4. The topological polar surface area (TPSA) is 84.3 Å². The Morgan fingerprint density at radius 3 is 2.65 bits per heavy atom. The Hall–Kier alpha value is -2.90. The van der Waals surface area contributed by atoms with Gasteiger partial charge in [0.15, 0.2) is 0 Å². The van der Waals surface area contributed by atoms with E-state index in [1.54, 1.807) is 31.4 Å². The molecule has 0 unspecified atom stereocenters. The van der Waals surface area contributed by atoms with Crippen LogP contribution < -0.4 is 4.74 Å². The van der Waals surface area contributed by atoms with Gasteiger partial charge in [-0.15, -0.1) is 0 Å². The Balaban J connectivity index is 2.87. The molecule has 0 fully saturated rings. The highest BCUT2D eigenvalue weighted by Gasteiger charge is 2.06. The first-order chi connectivity index (χ1) is 9.71. The zero-order valence-corrected chi connectivity index (χ0v) is 11.2. The van der Waals surface area contributed by atoms with Crippen molar-refractivity contribution in [3.05, 3.63) is 51.9 Å². The van der Waals surface area contributed by atoms with Crippen LogP contribution in [0.4, 0.5) is 0 Å². The van der Waals surface area contributed by atoms with Gasteiger partial charge < -0.3 is 9.47 Å². The van der Waals surface area contributed by atoms with Crippen LogP contribution in [-0.4, -0.2) is 26.7 Å². The van der Waals surface area contributed by atoms with Crippen molar-refractivity contribution in [2.45, 2.75) is 0 Å². The minimum atomic E-state index is -0.568. The number of ether oxygens (including phenoxy) is 2. The molecule has 20 heavy (non-hydrogen) atoms. The van der Waals surface area contributed by atoms with Crippen molar-refractivity contribution in [1.82, 2.24) is 0 Å². The Morgan fingerprint density at radius 1 is 1.40 bits per heavy atom. The molecule has 0 atom stereocenters. The molecule has 0 radical (unpaired) electrons. The largest absolute Gasteiger partial charge is 0.497 e. The first-order valence-electron chi connectivity index (χ1n) is 5.65. The van der Waals surface area contributed by atoms with Crippen molar-refractivity contribution in [3.63, 3.8) is 0 Å². The molecule has 0 aliphatic carbocycles. The monoisotopic (exact) mass is 271 g/mol. The fourth-order valence-electron chi connectivity index (χ4n) is 1.29. The van der Waals surface area contributed by atoms with Crippen molar-refractivity contribution in [1.29, 1.82) is 0 Å². The van der Waals surface area contributed by atoms with E-state index in [-0.39, 0.29) is 12.1 Å². The van der Waals surface area contributed by atoms with Gasteiger partial charge in [0.1, 0.15) is 5.75 Å². The summed E-state index contributed by atoms with van der Waals surface area (Å²) < 4.78 is 9.60. The number of allylic oxidation sites excluding steroid dienone is 1. The molecular weight excluding hydrogens is 258 g/mol. The van der Waals surface area contributed by atoms with Gasteiger partial charge in [-0.1, -0.05) is 17.0 Å². The van der Waals surface area contributed by atoms with Crippen LogP contribution in [0, 0.1) is 11.8 Å². The van der Waals surface area contributed by atoms with Crippen LogP contribution in [0.1, 0.15) is 5.56 Å². The maximum Gasteiger partial charge on any atom is 0.334 e. The molecule has 102 valence electrons. The second-order valence-corrected chi connectivity index (χ2v) is 3.55. The van der Waals surface area contributed by atoms with E-state index >= 15 is 0 Å². The van der Waals surface area contributed by atoms with Gasteiger partial charge in [-0.2, -0.15) is 0 Å². The Labute approximate surface area is 116 Å². The molecule has 1 rings (SSSR count). The standard InChI is InChI=1S/C14H13N3O3/c1-19-13-8-6-11(7-9-13)4-3-5-12(10-16-17-15)14(18)20-2/h5-9H,10H2,1-2H3/b12-5+. The van der Waals surface area contributed by atoms with E-state index in [9.17, 15) is 4.79 Å². The van der Waals surface area contributed by atoms with Gasteiger partial charge in [-0.3, -0.25) is 0 Å². The summed E-state index contributed by atoms with van der Waals surface area (Å²) in [5.74, 6) is 5.76. The normalized spacial score (nSPS) is 9.80. The van der Waals surface area contributed by atoms with Crippen molar-refractivity contribution >= 4 is 5.97 Å². The van der Waals surface area contributed by atoms with Crippen molar-refractivity contribution in [3.8, 4) is 17.6 Å². The van der Waals surface area contributed by atoms with Crippen molar-refractivity contribution < 1.29 is 14.3 Å². The third-order valence-electron chi connectivity index (χ3n) is 2.30. The third-order valence-corrected chi connectivity index (χ3v) is 2.30. The Morgan fingerprint density at radius 2 is 2.10 bits per heavy atom. The molecule has 0 N–H and O–H groups in total. The van der Waals surface area contributed by atoms with E-state index in [0.717, 1.165) is 11.3 Å². The van der Waals surface area contributed by atoms with E-state index in [4.69, 9.17) is 10.3 Å². The highest BCUT2D eigenvalue weighted by atomic mass is 16.5. The summed E-state index contributed by atoms with van der Waals surface area (Å²) in [5.41, 5.74) is 9.23. The van der Waals surface area contributed by atoms with Crippen molar-refractivity contribution in [2.24, 2.45) is 5.11 Å². The van der Waals surface area contributed by atoms with Gasteiger partial charge >= 0.3 is 5.97 Å². The minimum absolute atomic E-state index is 0.0968. The maximum atomic E-state index is 11.4. The summed E-state index contributed by atoms with van der Waals surface area (Å²) in [4.78, 5) is 14.0. The zero-order chi connectivity index (χ0) is 14.8. The van der Waals surface area contributed by atoms with Gasteiger partial charge in [0.05, 0.1) is 26.3 Å². The lowest BCUT2D eigenvalue weighted by Gasteiger charge is -1.98. The molecule has 0 saturated heterocycles. The number of esters is 1. The summed E-state index contributed by atoms with van der Waals surface area (Å²) in [6, 6.07) is 7.17. The summed E-state index contributed by atoms with van der Waals surface area (Å²) in [6.07, 6.45) is 1.38. The van der Waals surface area contributed by atoms with Crippen LogP contribution >= 0.6 is 0 Å². The number of hydrogen-bond donors (Lipinski definition) is 0. The molecule has 1 aromatic rings.